The summed E-state index contributed by atoms with van der Waals surface area (Å²) in [5, 5.41) is 0. The SMILES string of the molecule is CCOc1ccc(S(=O)(=O)N2CCc3cc(-c4ccncc4)ccc32)cc1C. The predicted octanol–water partition coefficient (Wildman–Crippen LogP) is 4.21. The molecule has 0 radical (unpaired) electrons. The highest BCUT2D eigenvalue weighted by Gasteiger charge is 2.31. The number of anilines is 1. The zero-order valence-electron chi connectivity index (χ0n) is 15.9. The zero-order valence-corrected chi connectivity index (χ0v) is 16.7. The summed E-state index contributed by atoms with van der Waals surface area (Å²) in [6.45, 7) is 4.77. The molecule has 0 saturated heterocycles. The van der Waals surface area contributed by atoms with Crippen LogP contribution in [-0.2, 0) is 16.4 Å². The number of fused-ring (bicyclic) bond motifs is 1. The van der Waals surface area contributed by atoms with Gasteiger partial charge in [-0.15, -0.1) is 0 Å². The summed E-state index contributed by atoms with van der Waals surface area (Å²) in [5.41, 5.74) is 4.75. The summed E-state index contributed by atoms with van der Waals surface area (Å²) >= 11 is 0. The summed E-state index contributed by atoms with van der Waals surface area (Å²) in [5.74, 6) is 0.713. The molecule has 4 rings (SSSR count). The first-order valence-electron chi connectivity index (χ1n) is 9.30. The summed E-state index contributed by atoms with van der Waals surface area (Å²) in [7, 11) is -3.62. The first kappa shape index (κ1) is 18.5. The Morgan fingerprint density at radius 3 is 2.54 bits per heavy atom. The molecule has 2 heterocycles. The van der Waals surface area contributed by atoms with E-state index in [1.54, 1.807) is 30.6 Å². The second kappa shape index (κ2) is 7.28. The van der Waals surface area contributed by atoms with E-state index in [-0.39, 0.29) is 0 Å². The maximum atomic E-state index is 13.3. The Morgan fingerprint density at radius 2 is 1.82 bits per heavy atom. The number of aryl methyl sites for hydroxylation is 1. The van der Waals surface area contributed by atoms with Crippen LogP contribution in [0.4, 0.5) is 5.69 Å². The highest BCUT2D eigenvalue weighted by molar-refractivity contribution is 7.92. The van der Waals surface area contributed by atoms with E-state index in [0.29, 0.717) is 30.2 Å². The van der Waals surface area contributed by atoms with Crippen LogP contribution in [-0.4, -0.2) is 26.6 Å². The molecule has 0 spiro atoms. The molecule has 3 aromatic rings. The van der Waals surface area contributed by atoms with Gasteiger partial charge in [0.1, 0.15) is 5.75 Å². The lowest BCUT2D eigenvalue weighted by molar-refractivity contribution is 0.337. The van der Waals surface area contributed by atoms with Gasteiger partial charge in [0.05, 0.1) is 17.2 Å². The van der Waals surface area contributed by atoms with Crippen molar-refractivity contribution in [3.05, 3.63) is 72.1 Å². The summed E-state index contributed by atoms with van der Waals surface area (Å²) in [6, 6.07) is 14.9. The van der Waals surface area contributed by atoms with Crippen LogP contribution in [0.5, 0.6) is 5.75 Å². The molecule has 0 bridgehead atoms. The van der Waals surface area contributed by atoms with Gasteiger partial charge in [0.25, 0.3) is 10.0 Å². The third-order valence-electron chi connectivity index (χ3n) is 4.98. The third-order valence-corrected chi connectivity index (χ3v) is 6.79. The minimum Gasteiger partial charge on any atom is -0.494 e. The lowest BCUT2D eigenvalue weighted by Crippen LogP contribution is -2.29. The van der Waals surface area contributed by atoms with Crippen molar-refractivity contribution in [3.8, 4) is 16.9 Å². The van der Waals surface area contributed by atoms with Gasteiger partial charge in [-0.25, -0.2) is 8.42 Å². The van der Waals surface area contributed by atoms with Crippen molar-refractivity contribution in [2.75, 3.05) is 17.5 Å². The fourth-order valence-electron chi connectivity index (χ4n) is 3.57. The van der Waals surface area contributed by atoms with Crippen LogP contribution in [0.25, 0.3) is 11.1 Å². The number of hydrogen-bond donors (Lipinski definition) is 0. The molecule has 0 N–H and O–H groups in total. The topological polar surface area (TPSA) is 59.5 Å². The Kier molecular flexibility index (Phi) is 4.81. The average molecular weight is 394 g/mol. The molecule has 5 nitrogen and oxygen atoms in total. The van der Waals surface area contributed by atoms with E-state index >= 15 is 0 Å². The van der Waals surface area contributed by atoms with Crippen molar-refractivity contribution < 1.29 is 13.2 Å². The smallest absolute Gasteiger partial charge is 0.264 e. The molecule has 1 aromatic heterocycles. The molecule has 144 valence electrons. The van der Waals surface area contributed by atoms with E-state index in [1.165, 1.54) is 4.31 Å². The van der Waals surface area contributed by atoms with Crippen molar-refractivity contribution in [3.63, 3.8) is 0 Å². The van der Waals surface area contributed by atoms with Gasteiger partial charge in [0, 0.05) is 18.9 Å². The third kappa shape index (κ3) is 3.24. The summed E-state index contributed by atoms with van der Waals surface area (Å²) < 4.78 is 33.5. The molecule has 0 atom stereocenters. The first-order chi connectivity index (χ1) is 13.5. The van der Waals surface area contributed by atoms with Crippen LogP contribution in [0.3, 0.4) is 0 Å². The van der Waals surface area contributed by atoms with Crippen LogP contribution in [0.15, 0.2) is 65.8 Å². The van der Waals surface area contributed by atoms with Gasteiger partial charge in [-0.2, -0.15) is 0 Å². The van der Waals surface area contributed by atoms with Gasteiger partial charge in [0.15, 0.2) is 0 Å². The van der Waals surface area contributed by atoms with E-state index < -0.39 is 10.0 Å². The number of ether oxygens (including phenoxy) is 1. The molecule has 0 amide bonds. The predicted molar refractivity (Wildman–Crippen MR) is 110 cm³/mol. The number of sulfonamides is 1. The molecule has 28 heavy (non-hydrogen) atoms. The Bertz CT molecular complexity index is 1110. The van der Waals surface area contributed by atoms with Crippen LogP contribution in [0.2, 0.25) is 0 Å². The van der Waals surface area contributed by atoms with Crippen molar-refractivity contribution in [1.82, 2.24) is 4.98 Å². The van der Waals surface area contributed by atoms with Gasteiger partial charge >= 0.3 is 0 Å². The molecule has 0 unspecified atom stereocenters. The van der Waals surface area contributed by atoms with Crippen molar-refractivity contribution in [1.29, 1.82) is 0 Å². The van der Waals surface area contributed by atoms with Gasteiger partial charge in [-0.05, 0) is 85.0 Å². The fraction of sp³-hybridized carbons (Fsp3) is 0.227. The quantitative estimate of drug-likeness (QED) is 0.650. The summed E-state index contributed by atoms with van der Waals surface area (Å²) in [4.78, 5) is 4.34. The van der Waals surface area contributed by atoms with Crippen LogP contribution in [0.1, 0.15) is 18.1 Å². The number of pyridine rings is 1. The maximum absolute atomic E-state index is 13.3. The van der Waals surface area contributed by atoms with E-state index in [4.69, 9.17) is 4.74 Å². The average Bonchev–Trinajstić information content (AvgIpc) is 3.14. The largest absolute Gasteiger partial charge is 0.494 e. The normalized spacial score (nSPS) is 13.4. The van der Waals surface area contributed by atoms with E-state index in [0.717, 1.165) is 27.9 Å². The van der Waals surface area contributed by atoms with Crippen LogP contribution >= 0.6 is 0 Å². The van der Waals surface area contributed by atoms with Crippen LogP contribution < -0.4 is 9.04 Å². The highest BCUT2D eigenvalue weighted by Crippen LogP contribution is 2.36. The fourth-order valence-corrected chi connectivity index (χ4v) is 5.16. The Morgan fingerprint density at radius 1 is 1.04 bits per heavy atom. The van der Waals surface area contributed by atoms with Gasteiger partial charge in [-0.1, -0.05) is 6.07 Å². The Hall–Kier alpha value is -2.86. The van der Waals surface area contributed by atoms with Crippen molar-refractivity contribution in [2.24, 2.45) is 0 Å². The molecule has 0 saturated carbocycles. The van der Waals surface area contributed by atoms with E-state index in [2.05, 4.69) is 11.1 Å². The lowest BCUT2D eigenvalue weighted by Gasteiger charge is -2.20. The van der Waals surface area contributed by atoms with Gasteiger partial charge in [0.2, 0.25) is 0 Å². The molecular formula is C22H22N2O3S. The van der Waals surface area contributed by atoms with Gasteiger partial charge in [-0.3, -0.25) is 9.29 Å². The number of nitrogens with zero attached hydrogens (tertiary/aromatic N) is 2. The lowest BCUT2D eigenvalue weighted by atomic mass is 10.0. The molecule has 1 aliphatic rings. The van der Waals surface area contributed by atoms with Crippen molar-refractivity contribution >= 4 is 15.7 Å². The number of benzene rings is 2. The maximum Gasteiger partial charge on any atom is 0.264 e. The highest BCUT2D eigenvalue weighted by atomic mass is 32.2. The molecule has 2 aromatic carbocycles. The minimum absolute atomic E-state index is 0.291. The van der Waals surface area contributed by atoms with E-state index in [1.807, 2.05) is 38.1 Å². The van der Waals surface area contributed by atoms with E-state index in [9.17, 15) is 8.42 Å². The number of hydrogen-bond acceptors (Lipinski definition) is 4. The molecule has 0 aliphatic carbocycles. The number of rotatable bonds is 5. The Balaban J connectivity index is 1.68. The minimum atomic E-state index is -3.62. The number of aromatic nitrogens is 1. The molecule has 1 aliphatic heterocycles. The Labute approximate surface area is 165 Å². The second-order valence-electron chi connectivity index (χ2n) is 6.77. The molecule has 6 heteroatoms. The van der Waals surface area contributed by atoms with Gasteiger partial charge < -0.3 is 4.74 Å². The first-order valence-corrected chi connectivity index (χ1v) is 10.7. The van der Waals surface area contributed by atoms with Crippen LogP contribution in [0, 0.1) is 6.92 Å². The standard InChI is InChI=1S/C22H22N2O3S/c1-3-27-22-7-5-20(14-16(22)2)28(25,26)24-13-10-19-15-18(4-6-21(19)24)17-8-11-23-12-9-17/h4-9,11-12,14-15H,3,10,13H2,1-2H3. The zero-order chi connectivity index (χ0) is 19.7. The molecule has 0 fully saturated rings. The second-order valence-corrected chi connectivity index (χ2v) is 8.63. The monoisotopic (exact) mass is 394 g/mol. The molecular weight excluding hydrogens is 372 g/mol. The summed E-state index contributed by atoms with van der Waals surface area (Å²) in [6.07, 6.45) is 4.21. The van der Waals surface area contributed by atoms with Crippen molar-refractivity contribution in [2.45, 2.75) is 25.2 Å².